The number of benzene rings is 1. The summed E-state index contributed by atoms with van der Waals surface area (Å²) in [6.07, 6.45) is 7.08. The molecular formula is C24H28N4O2. The molecule has 4 aliphatic rings. The highest BCUT2D eigenvalue weighted by Crippen LogP contribution is 2.46. The summed E-state index contributed by atoms with van der Waals surface area (Å²) >= 11 is 0. The molecule has 6 heteroatoms. The van der Waals surface area contributed by atoms with Gasteiger partial charge in [0.25, 0.3) is 0 Å². The van der Waals surface area contributed by atoms with Crippen LogP contribution in [0.5, 0.6) is 0 Å². The Morgan fingerprint density at radius 1 is 1.13 bits per heavy atom. The van der Waals surface area contributed by atoms with Crippen LogP contribution in [0.2, 0.25) is 0 Å². The van der Waals surface area contributed by atoms with Crippen LogP contribution in [-0.2, 0) is 9.53 Å². The van der Waals surface area contributed by atoms with Crippen LogP contribution in [-0.4, -0.2) is 75.0 Å². The maximum absolute atomic E-state index is 12.2. The number of amidine groups is 1. The van der Waals surface area contributed by atoms with Crippen LogP contribution in [0.4, 0.5) is 5.69 Å². The molecule has 0 spiro atoms. The topological polar surface area (TPSA) is 48.4 Å². The fourth-order valence-electron chi connectivity index (χ4n) is 5.03. The number of methoxy groups -OCH3 is 1. The van der Waals surface area contributed by atoms with Crippen molar-refractivity contribution in [1.29, 1.82) is 0 Å². The first-order valence-corrected chi connectivity index (χ1v) is 10.7. The number of carbonyl (C=O) groups is 1. The van der Waals surface area contributed by atoms with Gasteiger partial charge >= 0.3 is 5.97 Å². The van der Waals surface area contributed by atoms with E-state index in [9.17, 15) is 4.79 Å². The predicted octanol–water partition coefficient (Wildman–Crippen LogP) is 2.55. The van der Waals surface area contributed by atoms with E-state index < -0.39 is 0 Å². The molecule has 2 atom stereocenters. The zero-order valence-electron chi connectivity index (χ0n) is 17.8. The average Bonchev–Trinajstić information content (AvgIpc) is 3.02. The lowest BCUT2D eigenvalue weighted by atomic mass is 9.83. The second-order valence-electron chi connectivity index (χ2n) is 8.42. The Morgan fingerprint density at radius 2 is 1.97 bits per heavy atom. The number of likely N-dealkylation sites (N-methyl/N-ethyl adjacent to an activating group) is 2. The lowest BCUT2D eigenvalue weighted by Gasteiger charge is -2.37. The van der Waals surface area contributed by atoms with Crippen molar-refractivity contribution in [2.75, 3.05) is 52.3 Å². The number of aliphatic imine (C=N–C) groups is 1. The van der Waals surface area contributed by atoms with E-state index in [0.717, 1.165) is 38.4 Å². The molecule has 0 amide bonds. The normalized spacial score (nSPS) is 25.8. The molecule has 1 fully saturated rings. The molecule has 0 radical (unpaired) electrons. The molecule has 3 aliphatic heterocycles. The highest BCUT2D eigenvalue weighted by molar-refractivity contribution is 6.20. The minimum absolute atomic E-state index is 0.0184. The summed E-state index contributed by atoms with van der Waals surface area (Å²) in [6.45, 7) is 4.16. The van der Waals surface area contributed by atoms with E-state index in [0.29, 0.717) is 5.57 Å². The van der Waals surface area contributed by atoms with Crippen molar-refractivity contribution < 1.29 is 9.53 Å². The Labute approximate surface area is 177 Å². The number of esters is 1. The summed E-state index contributed by atoms with van der Waals surface area (Å²) in [5.74, 6) is 0.774. The third-order valence-corrected chi connectivity index (χ3v) is 6.60. The highest BCUT2D eigenvalue weighted by atomic mass is 16.5. The molecule has 2 unspecified atom stereocenters. The van der Waals surface area contributed by atoms with Crippen molar-refractivity contribution in [2.45, 2.75) is 12.5 Å². The van der Waals surface area contributed by atoms with Crippen molar-refractivity contribution >= 4 is 23.2 Å². The van der Waals surface area contributed by atoms with Gasteiger partial charge in [-0.1, -0.05) is 30.4 Å². The lowest BCUT2D eigenvalue weighted by molar-refractivity contribution is -0.135. The van der Waals surface area contributed by atoms with Crippen LogP contribution in [0.15, 0.2) is 58.6 Å². The van der Waals surface area contributed by atoms with Gasteiger partial charge in [-0.25, -0.2) is 4.79 Å². The third kappa shape index (κ3) is 2.98. The number of hydrogen-bond donors (Lipinski definition) is 0. The van der Waals surface area contributed by atoms with Gasteiger partial charge in [0.05, 0.1) is 30.1 Å². The second-order valence-corrected chi connectivity index (χ2v) is 8.42. The van der Waals surface area contributed by atoms with Crippen molar-refractivity contribution in [3.05, 3.63) is 59.2 Å². The van der Waals surface area contributed by atoms with Crippen molar-refractivity contribution in [2.24, 2.45) is 10.9 Å². The summed E-state index contributed by atoms with van der Waals surface area (Å²) < 4.78 is 4.98. The first-order chi connectivity index (χ1) is 14.6. The van der Waals surface area contributed by atoms with Gasteiger partial charge in [0.1, 0.15) is 5.84 Å². The summed E-state index contributed by atoms with van der Waals surface area (Å²) in [5.41, 5.74) is 5.56. The number of nitrogens with zero attached hydrogens (tertiary/aromatic N) is 4. The number of anilines is 1. The monoisotopic (exact) mass is 404 g/mol. The standard InChI is InChI=1S/C24H28N4O2/c1-26-11-6-12-28(14-13-26)22-17-7-4-5-8-20(17)27(2)23-21(22)18-15-16(24(29)30-3)9-10-19(18)25-23/h4-5,7-10,15,18-19H,6,11-14H2,1-3H3. The molecule has 1 saturated heterocycles. The summed E-state index contributed by atoms with van der Waals surface area (Å²) in [4.78, 5) is 24.4. The van der Waals surface area contributed by atoms with Gasteiger partial charge in [-0.05, 0) is 32.2 Å². The van der Waals surface area contributed by atoms with Crippen LogP contribution in [0.1, 0.15) is 12.0 Å². The van der Waals surface area contributed by atoms with Gasteiger partial charge in [0.2, 0.25) is 0 Å². The molecule has 0 saturated carbocycles. The molecule has 0 bridgehead atoms. The molecule has 1 aliphatic carbocycles. The largest absolute Gasteiger partial charge is 0.465 e. The van der Waals surface area contributed by atoms with Gasteiger partial charge in [-0.2, -0.15) is 0 Å². The number of rotatable bonds is 2. The van der Waals surface area contributed by atoms with Gasteiger partial charge < -0.3 is 19.4 Å². The summed E-state index contributed by atoms with van der Waals surface area (Å²) in [5, 5.41) is 0. The number of ether oxygens (including phenoxy) is 1. The molecule has 1 aromatic carbocycles. The minimum atomic E-state index is -0.290. The molecule has 0 N–H and O–H groups in total. The molecule has 0 aromatic heterocycles. The predicted molar refractivity (Wildman–Crippen MR) is 119 cm³/mol. The number of fused-ring (bicyclic) bond motifs is 4. The fourth-order valence-corrected chi connectivity index (χ4v) is 5.03. The van der Waals surface area contributed by atoms with Crippen LogP contribution >= 0.6 is 0 Å². The van der Waals surface area contributed by atoms with E-state index >= 15 is 0 Å². The third-order valence-electron chi connectivity index (χ3n) is 6.60. The Bertz CT molecular complexity index is 1010. The number of hydrogen-bond acceptors (Lipinski definition) is 6. The molecular weight excluding hydrogens is 376 g/mol. The molecule has 6 nitrogen and oxygen atoms in total. The van der Waals surface area contributed by atoms with E-state index in [4.69, 9.17) is 9.73 Å². The van der Waals surface area contributed by atoms with E-state index in [1.54, 1.807) is 0 Å². The zero-order chi connectivity index (χ0) is 20.8. The first-order valence-electron chi connectivity index (χ1n) is 10.7. The molecule has 5 rings (SSSR count). The maximum Gasteiger partial charge on any atom is 0.337 e. The summed E-state index contributed by atoms with van der Waals surface area (Å²) in [7, 11) is 5.72. The minimum Gasteiger partial charge on any atom is -0.465 e. The Kier molecular flexibility index (Phi) is 4.74. The quantitative estimate of drug-likeness (QED) is 0.709. The van der Waals surface area contributed by atoms with Crippen LogP contribution < -0.4 is 4.90 Å². The van der Waals surface area contributed by atoms with Gasteiger partial charge in [0.15, 0.2) is 0 Å². The fraction of sp³-hybridized carbons (Fsp3) is 0.417. The highest BCUT2D eigenvalue weighted by Gasteiger charge is 2.42. The summed E-state index contributed by atoms with van der Waals surface area (Å²) in [6, 6.07) is 8.61. The van der Waals surface area contributed by atoms with Crippen molar-refractivity contribution in [1.82, 2.24) is 9.80 Å². The van der Waals surface area contributed by atoms with Gasteiger partial charge in [0, 0.05) is 43.7 Å². The molecule has 1 aromatic rings. The molecule has 156 valence electrons. The van der Waals surface area contributed by atoms with Crippen LogP contribution in [0.3, 0.4) is 0 Å². The number of para-hydroxylation sites is 1. The lowest BCUT2D eigenvalue weighted by Crippen LogP contribution is -2.38. The van der Waals surface area contributed by atoms with E-state index in [1.165, 1.54) is 29.6 Å². The van der Waals surface area contributed by atoms with Crippen molar-refractivity contribution in [3.63, 3.8) is 0 Å². The Hall–Kier alpha value is -2.86. The maximum atomic E-state index is 12.2. The second kappa shape index (κ2) is 7.43. The number of carbonyl (C=O) groups excluding carboxylic acids is 1. The van der Waals surface area contributed by atoms with E-state index in [1.807, 2.05) is 18.2 Å². The molecule has 3 heterocycles. The Morgan fingerprint density at radius 3 is 2.80 bits per heavy atom. The van der Waals surface area contributed by atoms with Crippen LogP contribution in [0, 0.1) is 5.92 Å². The van der Waals surface area contributed by atoms with E-state index in [2.05, 4.69) is 53.1 Å². The molecule has 30 heavy (non-hydrogen) atoms. The van der Waals surface area contributed by atoms with Crippen LogP contribution in [0.25, 0.3) is 5.70 Å². The van der Waals surface area contributed by atoms with E-state index in [-0.39, 0.29) is 17.9 Å². The van der Waals surface area contributed by atoms with Gasteiger partial charge in [-0.3, -0.25) is 4.99 Å². The first kappa shape index (κ1) is 19.1. The Balaban J connectivity index is 1.68. The zero-order valence-corrected chi connectivity index (χ0v) is 17.8. The van der Waals surface area contributed by atoms with Crippen molar-refractivity contribution in [3.8, 4) is 0 Å². The van der Waals surface area contributed by atoms with Gasteiger partial charge in [-0.15, -0.1) is 0 Å². The smallest absolute Gasteiger partial charge is 0.337 e. The SMILES string of the molecule is COC(=O)C1=CC2C3=C(N4CCCN(C)CC4)c4ccccc4N(C)C3=NC2C=C1. The average molecular weight is 405 g/mol.